The van der Waals surface area contributed by atoms with E-state index in [0.29, 0.717) is 24.5 Å². The molecular formula is C17H21F3N6O3. The Morgan fingerprint density at radius 1 is 1.34 bits per heavy atom. The van der Waals surface area contributed by atoms with Gasteiger partial charge in [0.25, 0.3) is 0 Å². The molecule has 2 aromatic rings. The maximum absolute atomic E-state index is 12.6. The van der Waals surface area contributed by atoms with E-state index >= 15 is 0 Å². The highest BCUT2D eigenvalue weighted by atomic mass is 19.4. The number of rotatable bonds is 6. The Morgan fingerprint density at radius 2 is 2.14 bits per heavy atom. The third-order valence-electron chi connectivity index (χ3n) is 4.77. The van der Waals surface area contributed by atoms with Gasteiger partial charge in [0.05, 0.1) is 6.54 Å². The molecule has 1 aliphatic heterocycles. The largest absolute Gasteiger partial charge is 0.435 e. The molecule has 0 radical (unpaired) electrons. The van der Waals surface area contributed by atoms with Gasteiger partial charge in [-0.25, -0.2) is 4.63 Å². The van der Waals surface area contributed by atoms with E-state index in [2.05, 4.69) is 25.4 Å². The van der Waals surface area contributed by atoms with E-state index in [1.54, 1.807) is 11.8 Å². The lowest BCUT2D eigenvalue weighted by atomic mass is 9.94. The first-order valence-corrected chi connectivity index (χ1v) is 9.15. The summed E-state index contributed by atoms with van der Waals surface area (Å²) >= 11 is 0. The SMILES string of the molecule is Cc1nonc1CNC(=O)C[C@@H]1CCCN(C(=O)Cn2ccc(C(F)(F)F)n2)C1. The molecule has 0 bridgehead atoms. The number of aryl methyl sites for hydroxylation is 1. The van der Waals surface area contributed by atoms with E-state index in [1.807, 2.05) is 0 Å². The molecule has 158 valence electrons. The highest BCUT2D eigenvalue weighted by Gasteiger charge is 2.34. The summed E-state index contributed by atoms with van der Waals surface area (Å²) in [5.41, 5.74) is 0.124. The van der Waals surface area contributed by atoms with Crippen LogP contribution in [-0.2, 0) is 28.9 Å². The van der Waals surface area contributed by atoms with Gasteiger partial charge in [-0.2, -0.15) is 18.3 Å². The van der Waals surface area contributed by atoms with E-state index in [9.17, 15) is 22.8 Å². The molecule has 1 aliphatic rings. The van der Waals surface area contributed by atoms with Crippen molar-refractivity contribution in [3.8, 4) is 0 Å². The van der Waals surface area contributed by atoms with E-state index in [4.69, 9.17) is 0 Å². The number of aromatic nitrogens is 4. The van der Waals surface area contributed by atoms with Gasteiger partial charge in [-0.05, 0) is 31.7 Å². The number of alkyl halides is 3. The molecular weight excluding hydrogens is 393 g/mol. The summed E-state index contributed by atoms with van der Waals surface area (Å²) < 4.78 is 43.4. The molecule has 12 heteroatoms. The van der Waals surface area contributed by atoms with Crippen LogP contribution < -0.4 is 5.32 Å². The molecule has 3 heterocycles. The number of carbonyl (C=O) groups is 2. The van der Waals surface area contributed by atoms with Gasteiger partial charge < -0.3 is 10.2 Å². The Labute approximate surface area is 164 Å². The second-order valence-electron chi connectivity index (χ2n) is 7.02. The van der Waals surface area contributed by atoms with E-state index in [-0.39, 0.29) is 37.2 Å². The summed E-state index contributed by atoms with van der Waals surface area (Å²) in [5.74, 6) is -0.516. The molecule has 1 fully saturated rings. The van der Waals surface area contributed by atoms with Crippen molar-refractivity contribution in [3.05, 3.63) is 29.3 Å². The van der Waals surface area contributed by atoms with Gasteiger partial charge >= 0.3 is 6.18 Å². The van der Waals surface area contributed by atoms with E-state index < -0.39 is 11.9 Å². The molecule has 0 spiro atoms. The maximum Gasteiger partial charge on any atom is 0.435 e. The minimum absolute atomic E-state index is 0.0208. The average molecular weight is 414 g/mol. The van der Waals surface area contributed by atoms with Crippen molar-refractivity contribution in [2.24, 2.45) is 5.92 Å². The second-order valence-corrected chi connectivity index (χ2v) is 7.02. The third kappa shape index (κ3) is 5.55. The lowest BCUT2D eigenvalue weighted by molar-refractivity contribution is -0.142. The minimum atomic E-state index is -4.54. The fourth-order valence-electron chi connectivity index (χ4n) is 3.22. The standard InChI is InChI=1S/C17H21F3N6O3/c1-11-13(24-29-23-11)8-21-15(27)7-12-3-2-5-25(9-12)16(28)10-26-6-4-14(22-26)17(18,19)20/h4,6,12H,2-3,5,7-10H2,1H3,(H,21,27)/t12-/m0/s1. The van der Waals surface area contributed by atoms with Crippen LogP contribution in [0.4, 0.5) is 13.2 Å². The Balaban J connectivity index is 1.48. The fourth-order valence-corrected chi connectivity index (χ4v) is 3.22. The molecule has 2 amide bonds. The summed E-state index contributed by atoms with van der Waals surface area (Å²) in [6, 6.07) is 0.836. The summed E-state index contributed by atoms with van der Waals surface area (Å²) in [5, 5.41) is 13.5. The number of amides is 2. The maximum atomic E-state index is 12.6. The Morgan fingerprint density at radius 3 is 2.79 bits per heavy atom. The molecule has 0 aliphatic carbocycles. The highest BCUT2D eigenvalue weighted by Crippen LogP contribution is 2.27. The first-order valence-electron chi connectivity index (χ1n) is 9.15. The summed E-state index contributed by atoms with van der Waals surface area (Å²) in [6.07, 6.45) is -1.65. The van der Waals surface area contributed by atoms with Crippen LogP contribution in [0, 0.1) is 12.8 Å². The lowest BCUT2D eigenvalue weighted by Gasteiger charge is -2.32. The Kier molecular flexibility index (Phi) is 6.18. The summed E-state index contributed by atoms with van der Waals surface area (Å²) in [4.78, 5) is 26.2. The number of piperidine rings is 1. The predicted octanol–water partition coefficient (Wildman–Crippen LogP) is 1.54. The van der Waals surface area contributed by atoms with Gasteiger partial charge in [-0.15, -0.1) is 0 Å². The molecule has 3 rings (SSSR count). The molecule has 2 aromatic heterocycles. The Bertz CT molecular complexity index is 863. The first kappa shape index (κ1) is 20.8. The number of nitrogens with zero attached hydrogens (tertiary/aromatic N) is 5. The van der Waals surface area contributed by atoms with Crippen LogP contribution in [0.25, 0.3) is 0 Å². The highest BCUT2D eigenvalue weighted by molar-refractivity contribution is 5.77. The van der Waals surface area contributed by atoms with Crippen LogP contribution in [0.1, 0.15) is 36.3 Å². The molecule has 0 unspecified atom stereocenters. The number of hydrogen-bond donors (Lipinski definition) is 1. The van der Waals surface area contributed by atoms with Gasteiger partial charge in [0.1, 0.15) is 17.9 Å². The number of carbonyl (C=O) groups excluding carboxylic acids is 2. The molecule has 0 aromatic carbocycles. The third-order valence-corrected chi connectivity index (χ3v) is 4.77. The topological polar surface area (TPSA) is 106 Å². The van der Waals surface area contributed by atoms with Gasteiger partial charge in [-0.1, -0.05) is 10.3 Å². The van der Waals surface area contributed by atoms with E-state index in [1.165, 1.54) is 0 Å². The van der Waals surface area contributed by atoms with Crippen molar-refractivity contribution in [1.82, 2.24) is 30.3 Å². The van der Waals surface area contributed by atoms with Crippen LogP contribution in [0.15, 0.2) is 16.9 Å². The van der Waals surface area contributed by atoms with Crippen molar-refractivity contribution in [2.75, 3.05) is 13.1 Å². The molecule has 1 N–H and O–H groups in total. The number of likely N-dealkylation sites (tertiary alicyclic amines) is 1. The van der Waals surface area contributed by atoms with Crippen LogP contribution in [0.2, 0.25) is 0 Å². The van der Waals surface area contributed by atoms with Crippen molar-refractivity contribution < 1.29 is 27.4 Å². The van der Waals surface area contributed by atoms with Crippen LogP contribution in [-0.4, -0.2) is 49.9 Å². The zero-order chi connectivity index (χ0) is 21.0. The van der Waals surface area contributed by atoms with Crippen LogP contribution in [0.3, 0.4) is 0 Å². The molecule has 1 atom stereocenters. The van der Waals surface area contributed by atoms with Crippen LogP contribution >= 0.6 is 0 Å². The van der Waals surface area contributed by atoms with Gasteiger partial charge in [0.2, 0.25) is 11.8 Å². The normalized spacial score (nSPS) is 17.4. The summed E-state index contributed by atoms with van der Waals surface area (Å²) in [7, 11) is 0. The smallest absolute Gasteiger partial charge is 0.350 e. The average Bonchev–Trinajstić information content (AvgIpc) is 3.29. The number of nitrogens with one attached hydrogen (secondary N) is 1. The van der Waals surface area contributed by atoms with Crippen LogP contribution in [0.5, 0.6) is 0 Å². The molecule has 29 heavy (non-hydrogen) atoms. The molecule has 0 saturated carbocycles. The monoisotopic (exact) mass is 414 g/mol. The number of halogens is 3. The summed E-state index contributed by atoms with van der Waals surface area (Å²) in [6.45, 7) is 2.55. The fraction of sp³-hybridized carbons (Fsp3) is 0.588. The van der Waals surface area contributed by atoms with Crippen molar-refractivity contribution in [3.63, 3.8) is 0 Å². The van der Waals surface area contributed by atoms with Crippen molar-refractivity contribution >= 4 is 11.8 Å². The lowest BCUT2D eigenvalue weighted by Crippen LogP contribution is -2.42. The second kappa shape index (κ2) is 8.62. The quantitative estimate of drug-likeness (QED) is 0.769. The van der Waals surface area contributed by atoms with Gasteiger partial charge in [0, 0.05) is 25.7 Å². The zero-order valence-corrected chi connectivity index (χ0v) is 15.8. The van der Waals surface area contributed by atoms with Gasteiger partial charge in [0.15, 0.2) is 5.69 Å². The predicted molar refractivity (Wildman–Crippen MR) is 92.0 cm³/mol. The Hall–Kier alpha value is -2.92. The van der Waals surface area contributed by atoms with Crippen molar-refractivity contribution in [2.45, 2.75) is 45.5 Å². The van der Waals surface area contributed by atoms with Gasteiger partial charge in [-0.3, -0.25) is 14.3 Å². The van der Waals surface area contributed by atoms with E-state index in [0.717, 1.165) is 29.8 Å². The minimum Gasteiger partial charge on any atom is -0.350 e. The first-order chi connectivity index (χ1) is 13.7. The molecule has 9 nitrogen and oxygen atoms in total. The molecule has 1 saturated heterocycles. The number of hydrogen-bond acceptors (Lipinski definition) is 6. The zero-order valence-electron chi connectivity index (χ0n) is 15.8. The van der Waals surface area contributed by atoms with Crippen molar-refractivity contribution in [1.29, 1.82) is 0 Å².